The van der Waals surface area contributed by atoms with Crippen molar-refractivity contribution in [2.75, 3.05) is 13.1 Å². The minimum atomic E-state index is -4.72. The Bertz CT molecular complexity index is 1420. The first-order valence-electron chi connectivity index (χ1n) is 11.9. The number of carbonyl (C=O) groups excluding carboxylic acids is 1. The van der Waals surface area contributed by atoms with Gasteiger partial charge in [0.05, 0.1) is 18.5 Å². The Morgan fingerprint density at radius 1 is 1.05 bits per heavy atom. The summed E-state index contributed by atoms with van der Waals surface area (Å²) in [6, 6.07) is 13.9. The van der Waals surface area contributed by atoms with Crippen molar-refractivity contribution in [1.82, 2.24) is 19.5 Å². The molecule has 0 atom stereocenters. The van der Waals surface area contributed by atoms with E-state index in [0.717, 1.165) is 12.3 Å². The highest BCUT2D eigenvalue weighted by Gasteiger charge is 2.36. The van der Waals surface area contributed by atoms with Crippen molar-refractivity contribution in [3.8, 4) is 11.3 Å². The van der Waals surface area contributed by atoms with Crippen LogP contribution in [0, 0.1) is 11.7 Å². The Hall–Kier alpha value is -3.79. The molecule has 2 aromatic carbocycles. The molecule has 4 aromatic rings. The summed E-state index contributed by atoms with van der Waals surface area (Å²) in [5.74, 6) is -0.484. The molecule has 2 aromatic heterocycles. The summed E-state index contributed by atoms with van der Waals surface area (Å²) in [5.41, 5.74) is 0.488. The largest absolute Gasteiger partial charge is 0.433 e. The summed E-state index contributed by atoms with van der Waals surface area (Å²) in [6.45, 7) is 0.617. The highest BCUT2D eigenvalue weighted by atomic mass is 19.4. The minimum absolute atomic E-state index is 0.00752. The molecule has 1 N–H and O–H groups in total. The highest BCUT2D eigenvalue weighted by molar-refractivity contribution is 6.00. The van der Waals surface area contributed by atoms with Gasteiger partial charge in [-0.3, -0.25) is 4.79 Å². The number of halogens is 4. The van der Waals surface area contributed by atoms with Crippen molar-refractivity contribution in [2.24, 2.45) is 5.92 Å². The third-order valence-corrected chi connectivity index (χ3v) is 6.79. The zero-order chi connectivity index (χ0) is 26.2. The number of aliphatic hydroxyl groups excluding tert-OH is 1. The molecule has 10 heteroatoms. The number of nitrogens with zero attached hydrogens (tertiary/aromatic N) is 4. The molecule has 1 aliphatic rings. The lowest BCUT2D eigenvalue weighted by atomic mass is 9.90. The number of piperidine rings is 1. The summed E-state index contributed by atoms with van der Waals surface area (Å²) in [4.78, 5) is 19.3. The number of amides is 1. The van der Waals surface area contributed by atoms with Crippen LogP contribution in [0.3, 0.4) is 0 Å². The fourth-order valence-corrected chi connectivity index (χ4v) is 4.73. The van der Waals surface area contributed by atoms with Crippen LogP contribution < -0.4 is 0 Å². The Kier molecular flexibility index (Phi) is 6.68. The molecule has 1 fully saturated rings. The standard InChI is InChI=1S/C27H24F4N4O2/c28-22-4-2-1-3-20(22)13-17-9-11-34(12-10-17)26(37)21-15-32-35-24(27(29,30)31)14-23(33-25(21)35)19-7-5-18(16-36)6-8-19/h1-8,14-15,17,36H,9-13,16H2. The molecule has 0 aliphatic carbocycles. The third kappa shape index (κ3) is 5.06. The van der Waals surface area contributed by atoms with E-state index in [4.69, 9.17) is 0 Å². The smallest absolute Gasteiger partial charge is 0.392 e. The van der Waals surface area contributed by atoms with Gasteiger partial charge in [-0.1, -0.05) is 42.5 Å². The van der Waals surface area contributed by atoms with E-state index >= 15 is 0 Å². The number of hydrogen-bond donors (Lipinski definition) is 1. The van der Waals surface area contributed by atoms with Gasteiger partial charge in [-0.25, -0.2) is 13.9 Å². The Morgan fingerprint density at radius 3 is 2.41 bits per heavy atom. The van der Waals surface area contributed by atoms with Crippen LogP contribution >= 0.6 is 0 Å². The lowest BCUT2D eigenvalue weighted by Crippen LogP contribution is -2.39. The Morgan fingerprint density at radius 2 is 1.76 bits per heavy atom. The monoisotopic (exact) mass is 512 g/mol. The summed E-state index contributed by atoms with van der Waals surface area (Å²) in [7, 11) is 0. The van der Waals surface area contributed by atoms with E-state index in [0.29, 0.717) is 53.6 Å². The quantitative estimate of drug-likeness (QED) is 0.376. The van der Waals surface area contributed by atoms with Gasteiger partial charge in [0.1, 0.15) is 11.4 Å². The van der Waals surface area contributed by atoms with Gasteiger partial charge < -0.3 is 10.0 Å². The second-order valence-corrected chi connectivity index (χ2v) is 9.20. The lowest BCUT2D eigenvalue weighted by molar-refractivity contribution is -0.142. The van der Waals surface area contributed by atoms with Gasteiger partial charge in [-0.15, -0.1) is 0 Å². The van der Waals surface area contributed by atoms with Gasteiger partial charge in [0.2, 0.25) is 0 Å². The van der Waals surface area contributed by atoms with Crippen molar-refractivity contribution < 1.29 is 27.5 Å². The highest BCUT2D eigenvalue weighted by Crippen LogP contribution is 2.33. The average molecular weight is 513 g/mol. The molecule has 5 rings (SSSR count). The van der Waals surface area contributed by atoms with E-state index < -0.39 is 17.8 Å². The number of aromatic nitrogens is 3. The lowest BCUT2D eigenvalue weighted by Gasteiger charge is -2.32. The average Bonchev–Trinajstić information content (AvgIpc) is 3.33. The summed E-state index contributed by atoms with van der Waals surface area (Å²) >= 11 is 0. The number of carbonyl (C=O) groups is 1. The van der Waals surface area contributed by atoms with E-state index in [1.807, 2.05) is 0 Å². The third-order valence-electron chi connectivity index (χ3n) is 6.79. The Labute approximate surface area is 210 Å². The van der Waals surface area contributed by atoms with Gasteiger partial charge in [0.25, 0.3) is 5.91 Å². The first-order valence-corrected chi connectivity index (χ1v) is 11.9. The molecule has 0 radical (unpaired) electrons. The number of fused-ring (bicyclic) bond motifs is 1. The van der Waals surface area contributed by atoms with Crippen molar-refractivity contribution in [3.63, 3.8) is 0 Å². The molecule has 3 heterocycles. The number of likely N-dealkylation sites (tertiary alicyclic amines) is 1. The predicted octanol–water partition coefficient (Wildman–Crippen LogP) is 5.14. The van der Waals surface area contributed by atoms with E-state index in [1.165, 1.54) is 6.07 Å². The van der Waals surface area contributed by atoms with Crippen LogP contribution in [0.2, 0.25) is 0 Å². The van der Waals surface area contributed by atoms with Gasteiger partial charge in [-0.05, 0) is 48.4 Å². The van der Waals surface area contributed by atoms with Crippen LogP contribution in [-0.2, 0) is 19.2 Å². The van der Waals surface area contributed by atoms with Crippen LogP contribution in [0.5, 0.6) is 0 Å². The van der Waals surface area contributed by atoms with Gasteiger partial charge in [0, 0.05) is 18.7 Å². The number of rotatable bonds is 5. The van der Waals surface area contributed by atoms with E-state index in [2.05, 4.69) is 10.1 Å². The fourth-order valence-electron chi connectivity index (χ4n) is 4.73. The summed E-state index contributed by atoms with van der Waals surface area (Å²) in [5, 5.41) is 13.1. The van der Waals surface area contributed by atoms with Crippen LogP contribution in [0.1, 0.15) is 40.0 Å². The van der Waals surface area contributed by atoms with E-state index in [9.17, 15) is 27.5 Å². The molecule has 1 amide bonds. The topological polar surface area (TPSA) is 70.7 Å². The van der Waals surface area contributed by atoms with Crippen LogP contribution in [0.4, 0.5) is 17.6 Å². The number of hydrogen-bond acceptors (Lipinski definition) is 4. The molecule has 192 valence electrons. The maximum absolute atomic E-state index is 14.0. The predicted molar refractivity (Wildman–Crippen MR) is 128 cm³/mol. The summed E-state index contributed by atoms with van der Waals surface area (Å²) < 4.78 is 56.4. The molecule has 37 heavy (non-hydrogen) atoms. The molecular weight excluding hydrogens is 488 g/mol. The molecule has 6 nitrogen and oxygen atoms in total. The van der Waals surface area contributed by atoms with Crippen LogP contribution in [-0.4, -0.2) is 43.6 Å². The van der Waals surface area contributed by atoms with Crippen molar-refractivity contribution in [1.29, 1.82) is 0 Å². The molecule has 0 unspecified atom stereocenters. The maximum Gasteiger partial charge on any atom is 0.433 e. The fraction of sp³-hybridized carbons (Fsp3) is 0.296. The van der Waals surface area contributed by atoms with Crippen molar-refractivity contribution >= 4 is 11.6 Å². The zero-order valence-electron chi connectivity index (χ0n) is 19.7. The number of alkyl halides is 3. The van der Waals surface area contributed by atoms with Gasteiger partial charge in [-0.2, -0.15) is 18.3 Å². The molecule has 1 saturated heterocycles. The molecule has 0 saturated carbocycles. The van der Waals surface area contributed by atoms with E-state index in [1.54, 1.807) is 47.4 Å². The molecule has 1 aliphatic heterocycles. The first kappa shape index (κ1) is 24.9. The zero-order valence-corrected chi connectivity index (χ0v) is 19.7. The molecule has 0 bridgehead atoms. The SMILES string of the molecule is O=C(c1cnn2c(C(F)(F)F)cc(-c3ccc(CO)cc3)nc12)N1CCC(Cc2ccccc2F)CC1. The molecule has 0 spiro atoms. The Balaban J connectivity index is 1.41. The van der Waals surface area contributed by atoms with Crippen LogP contribution in [0.15, 0.2) is 60.8 Å². The van der Waals surface area contributed by atoms with Crippen LogP contribution in [0.25, 0.3) is 16.9 Å². The van der Waals surface area contributed by atoms with Crippen molar-refractivity contribution in [2.45, 2.75) is 32.0 Å². The first-order chi connectivity index (χ1) is 17.7. The number of benzene rings is 2. The second-order valence-electron chi connectivity index (χ2n) is 9.20. The second kappa shape index (κ2) is 9.93. The van der Waals surface area contributed by atoms with Gasteiger partial charge in [0.15, 0.2) is 11.3 Å². The molecular formula is C27H24F4N4O2. The number of aliphatic hydroxyl groups is 1. The minimum Gasteiger partial charge on any atom is -0.392 e. The van der Waals surface area contributed by atoms with Crippen molar-refractivity contribution in [3.05, 3.63) is 89.0 Å². The van der Waals surface area contributed by atoms with E-state index in [-0.39, 0.29) is 35.2 Å². The van der Waals surface area contributed by atoms with Gasteiger partial charge >= 0.3 is 6.18 Å². The summed E-state index contributed by atoms with van der Waals surface area (Å²) in [6.07, 6.45) is -1.71. The maximum atomic E-state index is 14.0. The normalized spacial score (nSPS) is 14.9.